The van der Waals surface area contributed by atoms with Crippen molar-refractivity contribution in [2.75, 3.05) is 17.7 Å². The summed E-state index contributed by atoms with van der Waals surface area (Å²) in [7, 11) is 1.29. The number of esters is 1. The summed E-state index contributed by atoms with van der Waals surface area (Å²) in [5, 5.41) is 13.2. The van der Waals surface area contributed by atoms with E-state index in [0.29, 0.717) is 28.9 Å². The van der Waals surface area contributed by atoms with E-state index in [1.54, 1.807) is 48.5 Å². The molecular weight excluding hydrogens is 458 g/mol. The number of H-pyrrole nitrogens is 1. The van der Waals surface area contributed by atoms with Crippen molar-refractivity contribution in [3.63, 3.8) is 0 Å². The Hall–Kier alpha value is -3.99. The Morgan fingerprint density at radius 3 is 2.38 bits per heavy atom. The first kappa shape index (κ1) is 24.6. The van der Waals surface area contributed by atoms with Crippen molar-refractivity contribution >= 4 is 40.9 Å². The van der Waals surface area contributed by atoms with Gasteiger partial charge >= 0.3 is 5.97 Å². The Labute approximate surface area is 199 Å². The van der Waals surface area contributed by atoms with E-state index in [1.807, 2.05) is 6.92 Å². The van der Waals surface area contributed by atoms with Gasteiger partial charge in [0.1, 0.15) is 0 Å². The molecule has 1 heterocycles. The number of nitrogens with zero attached hydrogens (tertiary/aromatic N) is 2. The summed E-state index contributed by atoms with van der Waals surface area (Å²) in [6.07, 6.45) is 0.466. The van der Waals surface area contributed by atoms with Gasteiger partial charge in [-0.05, 0) is 36.8 Å². The second kappa shape index (κ2) is 11.2. The van der Waals surface area contributed by atoms with Gasteiger partial charge in [-0.2, -0.15) is 0 Å². The summed E-state index contributed by atoms with van der Waals surface area (Å²) in [5.74, 6) is -1.03. The molecule has 10 nitrogen and oxygen atoms in total. The molecule has 2 amide bonds. The largest absolute Gasteiger partial charge is 0.465 e. The normalized spacial score (nSPS) is 11.4. The number of ether oxygens (including phenoxy) is 1. The molecule has 1 atom stereocenters. The lowest BCUT2D eigenvalue weighted by Gasteiger charge is -2.14. The summed E-state index contributed by atoms with van der Waals surface area (Å²) in [4.78, 5) is 51.1. The van der Waals surface area contributed by atoms with Crippen LogP contribution in [0.15, 0.2) is 58.5 Å². The van der Waals surface area contributed by atoms with Crippen molar-refractivity contribution in [2.45, 2.75) is 30.7 Å². The number of para-hydroxylation sites is 1. The molecule has 34 heavy (non-hydrogen) atoms. The number of aromatic nitrogens is 3. The molecule has 3 N–H and O–H groups in total. The molecule has 3 aromatic rings. The number of nitrogens with one attached hydrogen (secondary N) is 3. The van der Waals surface area contributed by atoms with Crippen LogP contribution >= 0.6 is 11.8 Å². The molecule has 0 unspecified atom stereocenters. The van der Waals surface area contributed by atoms with Crippen LogP contribution in [0.4, 0.5) is 11.4 Å². The van der Waals surface area contributed by atoms with Crippen LogP contribution in [0.5, 0.6) is 0 Å². The highest BCUT2D eigenvalue weighted by Crippen LogP contribution is 2.26. The second-order valence-electron chi connectivity index (χ2n) is 7.11. The molecule has 176 valence electrons. The zero-order chi connectivity index (χ0) is 24.7. The topological polar surface area (TPSA) is 143 Å². The number of benzene rings is 2. The third kappa shape index (κ3) is 6.07. The smallest absolute Gasteiger partial charge is 0.337 e. The molecule has 0 aliphatic carbocycles. The first-order chi connectivity index (χ1) is 16.3. The Morgan fingerprint density at radius 1 is 1.06 bits per heavy atom. The number of rotatable bonds is 8. The molecule has 0 radical (unpaired) electrons. The Balaban J connectivity index is 1.74. The number of thioether (sulfide) groups is 1. The SMILES string of the molecule is CC[C@@H](Sc1nnc(-c2ccccc2NC(C)=O)c(=O)[nH]1)C(=O)Nc1ccc(C(=O)OC)cc1. The van der Waals surface area contributed by atoms with Crippen molar-refractivity contribution in [1.82, 2.24) is 15.2 Å². The number of aromatic amines is 1. The molecule has 0 saturated carbocycles. The van der Waals surface area contributed by atoms with E-state index >= 15 is 0 Å². The van der Waals surface area contributed by atoms with Gasteiger partial charge in [0.05, 0.1) is 23.6 Å². The minimum atomic E-state index is -0.553. The minimum absolute atomic E-state index is 0.0527. The predicted molar refractivity (Wildman–Crippen MR) is 129 cm³/mol. The molecule has 0 saturated heterocycles. The van der Waals surface area contributed by atoms with Gasteiger partial charge in [-0.3, -0.25) is 19.4 Å². The third-order valence-corrected chi connectivity index (χ3v) is 5.90. The van der Waals surface area contributed by atoms with E-state index < -0.39 is 16.8 Å². The van der Waals surface area contributed by atoms with Gasteiger partial charge in [0.2, 0.25) is 11.8 Å². The summed E-state index contributed by atoms with van der Waals surface area (Å²) in [6.45, 7) is 3.21. The van der Waals surface area contributed by atoms with Gasteiger partial charge in [-0.25, -0.2) is 4.79 Å². The molecule has 0 aliphatic heterocycles. The fraction of sp³-hybridized carbons (Fsp3) is 0.217. The molecule has 0 fully saturated rings. The Bertz CT molecular complexity index is 1260. The third-order valence-electron chi connectivity index (χ3n) is 4.66. The van der Waals surface area contributed by atoms with Crippen LogP contribution < -0.4 is 16.2 Å². The highest BCUT2D eigenvalue weighted by molar-refractivity contribution is 8.00. The Morgan fingerprint density at radius 2 is 1.76 bits per heavy atom. The van der Waals surface area contributed by atoms with Crippen molar-refractivity contribution in [3.05, 3.63) is 64.4 Å². The quantitative estimate of drug-likeness (QED) is 0.329. The standard InChI is InChI=1S/C23H23N5O5S/c1-4-18(20(30)25-15-11-9-14(10-12-15)22(32)33-3)34-23-26-21(31)19(27-28-23)16-7-5-6-8-17(16)24-13(2)29/h5-12,18H,4H2,1-3H3,(H,24,29)(H,25,30)(H,26,28,31)/t18-/m1/s1. The summed E-state index contributed by atoms with van der Waals surface area (Å²) in [5.41, 5.74) is 1.32. The van der Waals surface area contributed by atoms with E-state index in [9.17, 15) is 19.2 Å². The van der Waals surface area contributed by atoms with E-state index in [-0.39, 0.29) is 22.7 Å². The fourth-order valence-electron chi connectivity index (χ4n) is 3.03. The van der Waals surface area contributed by atoms with Crippen LogP contribution in [-0.4, -0.2) is 45.3 Å². The lowest BCUT2D eigenvalue weighted by Crippen LogP contribution is -2.25. The zero-order valence-corrected chi connectivity index (χ0v) is 19.6. The number of hydrogen-bond donors (Lipinski definition) is 3. The maximum absolute atomic E-state index is 12.7. The van der Waals surface area contributed by atoms with E-state index in [2.05, 4.69) is 30.6 Å². The maximum atomic E-state index is 12.7. The van der Waals surface area contributed by atoms with E-state index in [0.717, 1.165) is 11.8 Å². The van der Waals surface area contributed by atoms with Crippen molar-refractivity contribution < 1.29 is 19.1 Å². The fourth-order valence-corrected chi connectivity index (χ4v) is 3.87. The van der Waals surface area contributed by atoms with Gasteiger partial charge in [0.15, 0.2) is 10.9 Å². The number of amides is 2. The van der Waals surface area contributed by atoms with Gasteiger partial charge in [-0.1, -0.05) is 36.9 Å². The van der Waals surface area contributed by atoms with Gasteiger partial charge < -0.3 is 15.4 Å². The lowest BCUT2D eigenvalue weighted by molar-refractivity contribution is -0.116. The highest BCUT2D eigenvalue weighted by Gasteiger charge is 2.21. The summed E-state index contributed by atoms with van der Waals surface area (Å²) < 4.78 is 4.66. The van der Waals surface area contributed by atoms with Crippen LogP contribution in [0, 0.1) is 0 Å². The van der Waals surface area contributed by atoms with Crippen molar-refractivity contribution in [1.29, 1.82) is 0 Å². The van der Waals surface area contributed by atoms with Crippen molar-refractivity contribution in [2.24, 2.45) is 0 Å². The maximum Gasteiger partial charge on any atom is 0.337 e. The molecule has 1 aromatic heterocycles. The van der Waals surface area contributed by atoms with Crippen LogP contribution in [0.1, 0.15) is 30.6 Å². The number of carbonyl (C=O) groups excluding carboxylic acids is 3. The molecule has 11 heteroatoms. The van der Waals surface area contributed by atoms with Crippen LogP contribution in [0.3, 0.4) is 0 Å². The highest BCUT2D eigenvalue weighted by atomic mass is 32.2. The van der Waals surface area contributed by atoms with E-state index in [1.165, 1.54) is 14.0 Å². The Kier molecular flexibility index (Phi) is 8.14. The number of hydrogen-bond acceptors (Lipinski definition) is 8. The first-order valence-electron chi connectivity index (χ1n) is 10.3. The molecule has 3 rings (SSSR count). The zero-order valence-electron chi connectivity index (χ0n) is 18.7. The van der Waals surface area contributed by atoms with Gasteiger partial charge in [0.25, 0.3) is 5.56 Å². The average Bonchev–Trinajstić information content (AvgIpc) is 2.82. The van der Waals surface area contributed by atoms with Crippen LogP contribution in [0.25, 0.3) is 11.3 Å². The molecule has 0 bridgehead atoms. The van der Waals surface area contributed by atoms with Gasteiger partial charge in [0, 0.05) is 18.2 Å². The molecule has 0 aliphatic rings. The lowest BCUT2D eigenvalue weighted by atomic mass is 10.1. The number of anilines is 2. The van der Waals surface area contributed by atoms with Crippen LogP contribution in [0.2, 0.25) is 0 Å². The summed E-state index contributed by atoms with van der Waals surface area (Å²) >= 11 is 1.08. The first-order valence-corrected chi connectivity index (χ1v) is 11.2. The van der Waals surface area contributed by atoms with Crippen LogP contribution in [-0.2, 0) is 14.3 Å². The minimum Gasteiger partial charge on any atom is -0.465 e. The predicted octanol–water partition coefficient (Wildman–Crippen LogP) is 3.09. The monoisotopic (exact) mass is 481 g/mol. The van der Waals surface area contributed by atoms with Gasteiger partial charge in [-0.15, -0.1) is 10.2 Å². The molecular formula is C23H23N5O5S. The number of methoxy groups -OCH3 is 1. The second-order valence-corrected chi connectivity index (χ2v) is 8.30. The number of carbonyl (C=O) groups is 3. The van der Waals surface area contributed by atoms with Crippen molar-refractivity contribution in [3.8, 4) is 11.3 Å². The summed E-state index contributed by atoms with van der Waals surface area (Å²) in [6, 6.07) is 13.1. The molecule has 0 spiro atoms. The molecule has 2 aromatic carbocycles. The average molecular weight is 482 g/mol. The van der Waals surface area contributed by atoms with E-state index in [4.69, 9.17) is 0 Å².